The fourth-order valence-electron chi connectivity index (χ4n) is 6.22. The van der Waals surface area contributed by atoms with Gasteiger partial charge in [0.2, 0.25) is 17.7 Å². The van der Waals surface area contributed by atoms with E-state index in [1.54, 1.807) is 23.5 Å². The number of nitrogens with zero attached hydrogens (tertiary/aromatic N) is 4. The lowest BCUT2D eigenvalue weighted by molar-refractivity contribution is -0.142. The lowest BCUT2D eigenvalue weighted by Crippen LogP contribution is -2.57. The molecule has 0 spiro atoms. The van der Waals surface area contributed by atoms with E-state index >= 15 is 0 Å². The van der Waals surface area contributed by atoms with Gasteiger partial charge in [-0.3, -0.25) is 24.4 Å². The summed E-state index contributed by atoms with van der Waals surface area (Å²) in [5.41, 5.74) is 5.99. The molecule has 43 heavy (non-hydrogen) atoms. The number of anilines is 1. The van der Waals surface area contributed by atoms with Crippen molar-refractivity contribution in [2.24, 2.45) is 28.4 Å². The number of nitrogens with two attached hydrogens (primary N) is 1. The van der Waals surface area contributed by atoms with Crippen molar-refractivity contribution in [3.63, 3.8) is 0 Å². The summed E-state index contributed by atoms with van der Waals surface area (Å²) in [6, 6.07) is -2.23. The van der Waals surface area contributed by atoms with Crippen LogP contribution >= 0.6 is 11.3 Å². The maximum absolute atomic E-state index is 14.5. The quantitative estimate of drug-likeness (QED) is 0.282. The van der Waals surface area contributed by atoms with E-state index in [4.69, 9.17) is 5.73 Å². The lowest BCUT2D eigenvalue weighted by Gasteiger charge is -2.37. The number of aliphatic hydroxyl groups excluding tert-OH is 1. The van der Waals surface area contributed by atoms with Crippen LogP contribution in [0.4, 0.5) is 5.13 Å². The van der Waals surface area contributed by atoms with Crippen molar-refractivity contribution in [1.82, 2.24) is 25.2 Å². The van der Waals surface area contributed by atoms with Crippen LogP contribution in [-0.4, -0.2) is 73.5 Å². The van der Waals surface area contributed by atoms with Gasteiger partial charge >= 0.3 is 0 Å². The van der Waals surface area contributed by atoms with Crippen LogP contribution in [0.25, 0.3) is 11.4 Å². The van der Waals surface area contributed by atoms with Gasteiger partial charge in [-0.2, -0.15) is 0 Å². The first-order valence-electron chi connectivity index (χ1n) is 15.3. The number of aromatic nitrogens is 3. The van der Waals surface area contributed by atoms with Gasteiger partial charge in [0.1, 0.15) is 23.5 Å². The zero-order valence-corrected chi connectivity index (χ0v) is 27.0. The van der Waals surface area contributed by atoms with Crippen molar-refractivity contribution >= 4 is 34.2 Å². The summed E-state index contributed by atoms with van der Waals surface area (Å²) >= 11 is 1.38. The van der Waals surface area contributed by atoms with Crippen LogP contribution < -0.4 is 16.4 Å². The molecule has 1 saturated carbocycles. The fraction of sp³-hybridized carbons (Fsp3) is 0.677. The topological polar surface area (TPSA) is 163 Å². The smallest absolute Gasteiger partial charge is 0.248 e. The van der Waals surface area contributed by atoms with Crippen molar-refractivity contribution < 1.29 is 19.5 Å². The molecule has 0 radical (unpaired) electrons. The summed E-state index contributed by atoms with van der Waals surface area (Å²) in [7, 11) is 0. The van der Waals surface area contributed by atoms with Crippen LogP contribution in [0.2, 0.25) is 0 Å². The summed E-state index contributed by atoms with van der Waals surface area (Å²) in [6.45, 7) is 12.7. The molecule has 2 fully saturated rings. The van der Waals surface area contributed by atoms with Crippen LogP contribution in [0.1, 0.15) is 80.1 Å². The molecule has 5 atom stereocenters. The molecule has 1 aliphatic carbocycles. The number of amides is 3. The number of hydrogen-bond donors (Lipinski definition) is 4. The van der Waals surface area contributed by atoms with Crippen LogP contribution in [0.15, 0.2) is 24.0 Å². The molecule has 12 heteroatoms. The molecule has 11 nitrogen and oxygen atoms in total. The molecule has 236 valence electrons. The molecule has 5 N–H and O–H groups in total. The second-order valence-electron chi connectivity index (χ2n) is 13.6. The van der Waals surface area contributed by atoms with Crippen molar-refractivity contribution in [1.29, 1.82) is 0 Å². The number of likely N-dealkylation sites (tertiary alicyclic amines) is 1. The van der Waals surface area contributed by atoms with Crippen LogP contribution in [0.3, 0.4) is 0 Å². The molecule has 2 aliphatic rings. The maximum atomic E-state index is 14.5. The third kappa shape index (κ3) is 7.34. The maximum Gasteiger partial charge on any atom is 0.248 e. The Balaban J connectivity index is 1.61. The first kappa shape index (κ1) is 32.8. The van der Waals surface area contributed by atoms with Gasteiger partial charge < -0.3 is 26.4 Å². The molecule has 2 aromatic heterocycles. The SMILES string of the molecule is CC[C@]1(C(C)C)C[C@@H](C(=O)NC(CC2CCC2)C(O)C(N)=O)N(C(=O)[C@@H](Nc2nc(-c3cnccn3)cs2)C(C)(C)C)C1. The van der Waals surface area contributed by atoms with Gasteiger partial charge in [-0.05, 0) is 41.9 Å². The van der Waals surface area contributed by atoms with E-state index in [1.165, 1.54) is 11.3 Å². The number of carbonyl (C=O) groups excluding carboxylic acids is 3. The van der Waals surface area contributed by atoms with E-state index < -0.39 is 35.6 Å². The average Bonchev–Trinajstić information content (AvgIpc) is 3.58. The lowest BCUT2D eigenvalue weighted by atomic mass is 9.73. The summed E-state index contributed by atoms with van der Waals surface area (Å²) < 4.78 is 0. The van der Waals surface area contributed by atoms with Crippen LogP contribution in [-0.2, 0) is 14.4 Å². The van der Waals surface area contributed by atoms with Crippen molar-refractivity contribution in [2.45, 2.75) is 104 Å². The zero-order chi connectivity index (χ0) is 31.5. The highest BCUT2D eigenvalue weighted by molar-refractivity contribution is 7.14. The highest BCUT2D eigenvalue weighted by Crippen LogP contribution is 2.45. The number of aliphatic hydroxyl groups is 1. The molecule has 1 saturated heterocycles. The van der Waals surface area contributed by atoms with Gasteiger partial charge in [0, 0.05) is 24.3 Å². The molecule has 2 unspecified atom stereocenters. The minimum absolute atomic E-state index is 0.189. The first-order valence-corrected chi connectivity index (χ1v) is 16.2. The van der Waals surface area contributed by atoms with Gasteiger partial charge in [0.15, 0.2) is 11.2 Å². The molecule has 3 heterocycles. The minimum atomic E-state index is -1.49. The van der Waals surface area contributed by atoms with Crippen molar-refractivity contribution in [2.75, 3.05) is 11.9 Å². The molecule has 1 aliphatic heterocycles. The van der Waals surface area contributed by atoms with Crippen LogP contribution in [0, 0.1) is 22.7 Å². The molecule has 0 aromatic carbocycles. The summed E-state index contributed by atoms with van der Waals surface area (Å²) in [5.74, 6) is -0.866. The van der Waals surface area contributed by atoms with E-state index in [0.29, 0.717) is 41.8 Å². The zero-order valence-electron chi connectivity index (χ0n) is 26.2. The Labute approximate surface area is 258 Å². The predicted molar refractivity (Wildman–Crippen MR) is 167 cm³/mol. The van der Waals surface area contributed by atoms with E-state index in [0.717, 1.165) is 25.7 Å². The third-order valence-corrected chi connectivity index (χ3v) is 10.3. The number of primary amides is 1. The highest BCUT2D eigenvalue weighted by atomic mass is 32.1. The Morgan fingerprint density at radius 1 is 1.21 bits per heavy atom. The third-order valence-electron chi connectivity index (χ3n) is 9.50. The Morgan fingerprint density at radius 3 is 2.47 bits per heavy atom. The Kier molecular flexibility index (Phi) is 10.1. The number of rotatable bonds is 12. The minimum Gasteiger partial charge on any atom is -0.381 e. The van der Waals surface area contributed by atoms with Gasteiger partial charge in [-0.25, -0.2) is 4.98 Å². The molecule has 2 aromatic rings. The molecule has 3 amide bonds. The van der Waals surface area contributed by atoms with Crippen molar-refractivity contribution in [3.05, 3.63) is 24.0 Å². The number of carbonyl (C=O) groups is 3. The standard InChI is InChI=1S/C31H47N7O4S/c1-7-31(18(2)3)14-23(27(41)35-20(24(39)26(32)40)13-19-9-8-10-19)38(17-31)28(42)25(30(4,5)6)37-29-36-22(16-43-29)21-15-33-11-12-34-21/h11-12,15-16,18-20,23-25,39H,7-10,13-14,17H2,1-6H3,(H2,32,40)(H,35,41)(H,36,37)/t20?,23-,24?,25+,31-/m0/s1. The van der Waals surface area contributed by atoms with Crippen molar-refractivity contribution in [3.8, 4) is 11.4 Å². The van der Waals surface area contributed by atoms with E-state index in [1.807, 2.05) is 26.2 Å². The Hall–Kier alpha value is -3.12. The Bertz CT molecular complexity index is 1280. The van der Waals surface area contributed by atoms with Gasteiger partial charge in [-0.15, -0.1) is 11.3 Å². The summed E-state index contributed by atoms with van der Waals surface area (Å²) in [5, 5.41) is 19.4. The largest absolute Gasteiger partial charge is 0.381 e. The number of hydrogen-bond acceptors (Lipinski definition) is 9. The van der Waals surface area contributed by atoms with Crippen LogP contribution in [0.5, 0.6) is 0 Å². The average molecular weight is 614 g/mol. The normalized spacial score (nSPS) is 23.0. The summed E-state index contributed by atoms with van der Waals surface area (Å²) in [4.78, 5) is 55.2. The van der Waals surface area contributed by atoms with E-state index in [2.05, 4.69) is 46.4 Å². The first-order chi connectivity index (χ1) is 20.3. The fourth-order valence-corrected chi connectivity index (χ4v) is 6.95. The van der Waals surface area contributed by atoms with E-state index in [-0.39, 0.29) is 23.1 Å². The second-order valence-corrected chi connectivity index (χ2v) is 14.5. The molecular weight excluding hydrogens is 566 g/mol. The van der Waals surface area contributed by atoms with Gasteiger partial charge in [-0.1, -0.05) is 60.8 Å². The summed E-state index contributed by atoms with van der Waals surface area (Å²) in [6.07, 6.45) is 8.21. The predicted octanol–water partition coefficient (Wildman–Crippen LogP) is 3.60. The monoisotopic (exact) mass is 613 g/mol. The second kappa shape index (κ2) is 13.3. The van der Waals surface area contributed by atoms with E-state index in [9.17, 15) is 19.5 Å². The molecule has 4 rings (SSSR count). The molecular formula is C31H47N7O4S. The van der Waals surface area contributed by atoms with Gasteiger partial charge in [0.05, 0.1) is 12.2 Å². The van der Waals surface area contributed by atoms with Gasteiger partial charge in [0.25, 0.3) is 0 Å². The number of nitrogens with one attached hydrogen (secondary N) is 2. The highest BCUT2D eigenvalue weighted by Gasteiger charge is 2.52. The molecule has 0 bridgehead atoms. The Morgan fingerprint density at radius 2 is 1.93 bits per heavy atom. The number of thiazole rings is 1.